The topological polar surface area (TPSA) is 68.3 Å². The first-order chi connectivity index (χ1) is 14.3. The number of carbonyl (C=O) groups is 1. The lowest BCUT2D eigenvalue weighted by Gasteiger charge is -2.32. The van der Waals surface area contributed by atoms with Crippen molar-refractivity contribution in [3.63, 3.8) is 0 Å². The molecule has 1 aliphatic rings. The van der Waals surface area contributed by atoms with Gasteiger partial charge in [-0.3, -0.25) is 9.78 Å². The van der Waals surface area contributed by atoms with Gasteiger partial charge in [0.25, 0.3) is 5.91 Å². The van der Waals surface area contributed by atoms with Crippen molar-refractivity contribution >= 4 is 11.4 Å². The van der Waals surface area contributed by atoms with Crippen molar-refractivity contribution in [2.45, 2.75) is 25.3 Å². The first-order valence-electron chi connectivity index (χ1n) is 9.91. The third-order valence-corrected chi connectivity index (χ3v) is 5.58. The summed E-state index contributed by atoms with van der Waals surface area (Å²) in [7, 11) is 0. The van der Waals surface area contributed by atoms with E-state index in [1.54, 1.807) is 10.7 Å². The van der Waals surface area contributed by atoms with E-state index in [0.717, 1.165) is 37.3 Å². The molecule has 29 heavy (non-hydrogen) atoms. The molecule has 7 nitrogen and oxygen atoms in total. The SMILES string of the molecule is O=C(c1cnn2ccccc12)N1CCC[C@H](c2nccn2Cc2ccncc2)C1. The normalized spacial score (nSPS) is 17.0. The number of amides is 1. The maximum absolute atomic E-state index is 13.2. The average molecular weight is 386 g/mol. The predicted molar refractivity (Wildman–Crippen MR) is 109 cm³/mol. The highest BCUT2D eigenvalue weighted by Gasteiger charge is 2.29. The van der Waals surface area contributed by atoms with Crippen LogP contribution in [-0.2, 0) is 6.54 Å². The van der Waals surface area contributed by atoms with Crippen LogP contribution in [-0.4, -0.2) is 48.0 Å². The van der Waals surface area contributed by atoms with E-state index in [0.29, 0.717) is 12.1 Å². The minimum atomic E-state index is 0.0446. The molecule has 1 amide bonds. The van der Waals surface area contributed by atoms with Gasteiger partial charge in [0, 0.05) is 56.5 Å². The van der Waals surface area contributed by atoms with Gasteiger partial charge < -0.3 is 9.47 Å². The van der Waals surface area contributed by atoms with E-state index in [4.69, 9.17) is 0 Å². The molecule has 0 N–H and O–H groups in total. The molecule has 4 aromatic rings. The van der Waals surface area contributed by atoms with Gasteiger partial charge in [-0.2, -0.15) is 5.10 Å². The number of imidazole rings is 1. The zero-order chi connectivity index (χ0) is 19.6. The maximum atomic E-state index is 13.2. The lowest BCUT2D eigenvalue weighted by Crippen LogP contribution is -2.39. The second-order valence-electron chi connectivity index (χ2n) is 7.45. The van der Waals surface area contributed by atoms with Crippen molar-refractivity contribution in [3.05, 3.63) is 84.5 Å². The zero-order valence-electron chi connectivity index (χ0n) is 16.1. The van der Waals surface area contributed by atoms with Crippen molar-refractivity contribution in [1.82, 2.24) is 29.0 Å². The first-order valence-corrected chi connectivity index (χ1v) is 9.91. The molecule has 5 rings (SSSR count). The average Bonchev–Trinajstić information content (AvgIpc) is 3.41. The minimum absolute atomic E-state index is 0.0446. The number of hydrogen-bond acceptors (Lipinski definition) is 4. The summed E-state index contributed by atoms with van der Waals surface area (Å²) in [6.45, 7) is 2.21. The van der Waals surface area contributed by atoms with Crippen LogP contribution >= 0.6 is 0 Å². The minimum Gasteiger partial charge on any atom is -0.338 e. The van der Waals surface area contributed by atoms with Gasteiger partial charge in [0.15, 0.2) is 0 Å². The van der Waals surface area contributed by atoms with Crippen LogP contribution < -0.4 is 0 Å². The largest absolute Gasteiger partial charge is 0.338 e. The fourth-order valence-corrected chi connectivity index (χ4v) is 4.14. The Labute approximate surface area is 168 Å². The maximum Gasteiger partial charge on any atom is 0.257 e. The third-order valence-electron chi connectivity index (χ3n) is 5.58. The summed E-state index contributed by atoms with van der Waals surface area (Å²) in [4.78, 5) is 23.9. The summed E-state index contributed by atoms with van der Waals surface area (Å²) in [5.41, 5.74) is 2.69. The van der Waals surface area contributed by atoms with Gasteiger partial charge in [-0.1, -0.05) is 6.07 Å². The van der Waals surface area contributed by atoms with Gasteiger partial charge in [-0.05, 0) is 42.7 Å². The molecule has 5 heterocycles. The van der Waals surface area contributed by atoms with Crippen LogP contribution in [0.4, 0.5) is 0 Å². The Morgan fingerprint density at radius 2 is 2.00 bits per heavy atom. The monoisotopic (exact) mass is 386 g/mol. The second-order valence-corrected chi connectivity index (χ2v) is 7.45. The van der Waals surface area contributed by atoms with E-state index in [1.807, 2.05) is 66.2 Å². The number of hydrogen-bond donors (Lipinski definition) is 0. The molecule has 0 aromatic carbocycles. The van der Waals surface area contributed by atoms with Gasteiger partial charge >= 0.3 is 0 Å². The van der Waals surface area contributed by atoms with Crippen molar-refractivity contribution < 1.29 is 4.79 Å². The summed E-state index contributed by atoms with van der Waals surface area (Å²) in [6, 6.07) is 9.82. The van der Waals surface area contributed by atoms with Crippen molar-refractivity contribution in [3.8, 4) is 0 Å². The molecule has 0 bridgehead atoms. The van der Waals surface area contributed by atoms with E-state index in [1.165, 1.54) is 5.56 Å². The molecule has 0 spiro atoms. The molecule has 1 fully saturated rings. The Hall–Kier alpha value is -3.48. The summed E-state index contributed by atoms with van der Waals surface area (Å²) in [6.07, 6.45) is 13.0. The smallest absolute Gasteiger partial charge is 0.257 e. The fraction of sp³-hybridized carbons (Fsp3) is 0.273. The molecule has 4 aromatic heterocycles. The van der Waals surface area contributed by atoms with Gasteiger partial charge in [0.1, 0.15) is 5.82 Å². The van der Waals surface area contributed by atoms with Gasteiger partial charge in [-0.15, -0.1) is 0 Å². The highest BCUT2D eigenvalue weighted by Crippen LogP contribution is 2.28. The molecule has 1 aliphatic heterocycles. The van der Waals surface area contributed by atoms with Crippen LogP contribution in [0, 0.1) is 0 Å². The number of pyridine rings is 2. The molecular formula is C22H22N6O. The Kier molecular flexibility index (Phi) is 4.56. The molecule has 0 aliphatic carbocycles. The van der Waals surface area contributed by atoms with Crippen molar-refractivity contribution in [2.75, 3.05) is 13.1 Å². The summed E-state index contributed by atoms with van der Waals surface area (Å²) in [5.74, 6) is 1.31. The zero-order valence-corrected chi connectivity index (χ0v) is 16.1. The molecule has 1 saturated heterocycles. The number of rotatable bonds is 4. The number of likely N-dealkylation sites (tertiary alicyclic amines) is 1. The number of nitrogens with zero attached hydrogens (tertiary/aromatic N) is 6. The molecule has 0 radical (unpaired) electrons. The Morgan fingerprint density at radius 1 is 1.10 bits per heavy atom. The van der Waals surface area contributed by atoms with Crippen LogP contribution in [0.3, 0.4) is 0 Å². The van der Waals surface area contributed by atoms with Gasteiger partial charge in [-0.25, -0.2) is 9.50 Å². The Bertz CT molecular complexity index is 1130. The van der Waals surface area contributed by atoms with E-state index >= 15 is 0 Å². The van der Waals surface area contributed by atoms with E-state index in [9.17, 15) is 4.79 Å². The second kappa shape index (κ2) is 7.50. The van der Waals surface area contributed by atoms with E-state index in [-0.39, 0.29) is 11.8 Å². The Balaban J connectivity index is 1.36. The molecule has 0 saturated carbocycles. The predicted octanol–water partition coefficient (Wildman–Crippen LogP) is 2.99. The fourth-order valence-electron chi connectivity index (χ4n) is 4.14. The number of fused-ring (bicyclic) bond motifs is 1. The van der Waals surface area contributed by atoms with E-state index < -0.39 is 0 Å². The molecule has 146 valence electrons. The van der Waals surface area contributed by atoms with Crippen LogP contribution in [0.5, 0.6) is 0 Å². The Morgan fingerprint density at radius 3 is 2.90 bits per heavy atom. The third kappa shape index (κ3) is 3.40. The van der Waals surface area contributed by atoms with Crippen molar-refractivity contribution in [2.24, 2.45) is 0 Å². The van der Waals surface area contributed by atoms with E-state index in [2.05, 4.69) is 19.6 Å². The number of aromatic nitrogens is 5. The van der Waals surface area contributed by atoms with Crippen LogP contribution in [0.25, 0.3) is 5.52 Å². The lowest BCUT2D eigenvalue weighted by atomic mass is 9.96. The van der Waals surface area contributed by atoms with Gasteiger partial charge in [0.2, 0.25) is 0 Å². The standard InChI is InChI=1S/C22H22N6O/c29-22(19-14-25-28-12-2-1-5-20(19)28)27-11-3-4-18(16-27)21-24-10-13-26(21)15-17-6-8-23-9-7-17/h1-2,5-10,12-14,18H,3-4,11,15-16H2/t18-/m0/s1. The van der Waals surface area contributed by atoms with Gasteiger partial charge in [0.05, 0.1) is 17.3 Å². The van der Waals surface area contributed by atoms with Crippen LogP contribution in [0.1, 0.15) is 40.5 Å². The van der Waals surface area contributed by atoms with Crippen molar-refractivity contribution in [1.29, 1.82) is 0 Å². The quantitative estimate of drug-likeness (QED) is 0.541. The molecule has 1 atom stereocenters. The summed E-state index contributed by atoms with van der Waals surface area (Å²) in [5, 5.41) is 4.31. The molecule has 0 unspecified atom stereocenters. The van der Waals surface area contributed by atoms with Crippen LogP contribution in [0.2, 0.25) is 0 Å². The number of piperidine rings is 1. The highest BCUT2D eigenvalue weighted by molar-refractivity contribution is 6.00. The molecular weight excluding hydrogens is 364 g/mol. The summed E-state index contributed by atoms with van der Waals surface area (Å²) >= 11 is 0. The van der Waals surface area contributed by atoms with Crippen LogP contribution in [0.15, 0.2) is 67.5 Å². The summed E-state index contributed by atoms with van der Waals surface area (Å²) < 4.78 is 3.93. The highest BCUT2D eigenvalue weighted by atomic mass is 16.2. The lowest BCUT2D eigenvalue weighted by molar-refractivity contribution is 0.0705. The molecule has 7 heteroatoms. The first kappa shape index (κ1) is 17.6. The number of carbonyl (C=O) groups excluding carboxylic acids is 1.